The Balaban J connectivity index is 1.13. The van der Waals surface area contributed by atoms with Crippen LogP contribution in [0.4, 0.5) is 0 Å². The predicted molar refractivity (Wildman–Crippen MR) is 149 cm³/mol. The summed E-state index contributed by atoms with van der Waals surface area (Å²) in [5.74, 6) is -0.283. The molecule has 0 unspecified atom stereocenters. The predicted octanol–water partition coefficient (Wildman–Crippen LogP) is 4.95. The van der Waals surface area contributed by atoms with E-state index in [1.54, 1.807) is 31.3 Å². The van der Waals surface area contributed by atoms with Gasteiger partial charge in [-0.1, -0.05) is 29.0 Å². The lowest BCUT2D eigenvalue weighted by molar-refractivity contribution is -0.140. The monoisotopic (exact) mass is 582 g/mol. The summed E-state index contributed by atoms with van der Waals surface area (Å²) in [4.78, 5) is 45.6. The van der Waals surface area contributed by atoms with Gasteiger partial charge in [0, 0.05) is 30.1 Å². The number of hydrogen-bond donors (Lipinski definition) is 3. The van der Waals surface area contributed by atoms with E-state index in [1.165, 1.54) is 42.5 Å². The van der Waals surface area contributed by atoms with Gasteiger partial charge in [0.2, 0.25) is 0 Å². The van der Waals surface area contributed by atoms with Gasteiger partial charge in [-0.25, -0.2) is 9.78 Å². The first-order valence-electron chi connectivity index (χ1n) is 12.8. The van der Waals surface area contributed by atoms with Crippen molar-refractivity contribution >= 4 is 46.8 Å². The number of hydrogen-bond acceptors (Lipinski definition) is 8. The Bertz CT molecular complexity index is 1470. The molecule has 3 aromatic rings. The van der Waals surface area contributed by atoms with Crippen molar-refractivity contribution in [1.82, 2.24) is 20.6 Å². The first kappa shape index (κ1) is 27.6. The molecule has 2 amide bonds. The van der Waals surface area contributed by atoms with Crippen LogP contribution in [-0.2, 0) is 4.79 Å². The van der Waals surface area contributed by atoms with Crippen LogP contribution in [0.5, 0.6) is 16.7 Å². The van der Waals surface area contributed by atoms with Crippen molar-refractivity contribution in [3.63, 3.8) is 0 Å². The van der Waals surface area contributed by atoms with E-state index in [1.807, 2.05) is 12.1 Å². The summed E-state index contributed by atoms with van der Waals surface area (Å²) >= 11 is 7.68. The first-order valence-corrected chi connectivity index (χ1v) is 14.0. The Kier molecular flexibility index (Phi) is 8.04. The number of aromatic nitrogens is 2. The molecule has 10 nitrogen and oxygen atoms in total. The van der Waals surface area contributed by atoms with Crippen LogP contribution in [0, 0.1) is 5.92 Å². The molecule has 2 saturated carbocycles. The van der Waals surface area contributed by atoms with E-state index < -0.39 is 23.3 Å². The van der Waals surface area contributed by atoms with Gasteiger partial charge >= 0.3 is 5.97 Å². The fraction of sp³-hybridized carbons (Fsp3) is 0.321. The van der Waals surface area contributed by atoms with Crippen LogP contribution in [0.1, 0.15) is 58.3 Å². The summed E-state index contributed by atoms with van der Waals surface area (Å²) in [6, 6.07) is 7.78. The molecule has 208 valence electrons. The molecule has 2 aliphatic rings. The van der Waals surface area contributed by atoms with Gasteiger partial charge in [0.25, 0.3) is 17.0 Å². The average Bonchev–Trinajstić information content (AvgIpc) is 3.87. The molecule has 1 atom stereocenters. The van der Waals surface area contributed by atoms with Crippen LogP contribution in [0.25, 0.3) is 6.08 Å². The van der Waals surface area contributed by atoms with Gasteiger partial charge in [-0.3, -0.25) is 14.6 Å². The standard InChI is InChI=1S/C28H27ClN4O6S/c1-16(32-24(34)18-8-11-30-22(12-18)25(35)33-28(9-10-28)26(36)37)2-6-20-14-31-27(40-20)39-23-7-5-19(13-21(23)29)38-15-17-3-4-17/h2,5-8,11-14,16-17H,3-4,9-10,15H2,1H3,(H,32,34)(H,33,35)(H,36,37)/b6-2+/t16-/m0/s1. The molecule has 2 aromatic heterocycles. The lowest BCUT2D eigenvalue weighted by atomic mass is 10.1. The summed E-state index contributed by atoms with van der Waals surface area (Å²) < 4.78 is 11.6. The SMILES string of the molecule is C[C@@H](/C=C/c1cnc(Oc2ccc(OCC3CC3)cc2Cl)s1)NC(=O)c1ccnc(C(=O)NC2(C(=O)O)CC2)c1. The minimum absolute atomic E-state index is 0.0268. The Morgan fingerprint density at radius 1 is 1.20 bits per heavy atom. The Labute approximate surface area is 239 Å². The maximum Gasteiger partial charge on any atom is 0.329 e. The maximum atomic E-state index is 12.7. The second-order valence-corrected chi connectivity index (χ2v) is 11.3. The van der Waals surface area contributed by atoms with E-state index in [9.17, 15) is 19.5 Å². The van der Waals surface area contributed by atoms with Crippen LogP contribution in [0.2, 0.25) is 5.02 Å². The molecule has 1 aromatic carbocycles. The van der Waals surface area contributed by atoms with E-state index in [0.717, 1.165) is 4.88 Å². The van der Waals surface area contributed by atoms with Crippen molar-refractivity contribution < 1.29 is 29.0 Å². The average molecular weight is 583 g/mol. The van der Waals surface area contributed by atoms with E-state index in [-0.39, 0.29) is 17.3 Å². The van der Waals surface area contributed by atoms with Crippen molar-refractivity contribution in [1.29, 1.82) is 0 Å². The summed E-state index contributed by atoms with van der Waals surface area (Å²) in [6.07, 6.45) is 9.76. The minimum atomic E-state index is -1.24. The van der Waals surface area contributed by atoms with Crippen molar-refractivity contribution in [2.45, 2.75) is 44.2 Å². The highest BCUT2D eigenvalue weighted by Gasteiger charge is 2.51. The Morgan fingerprint density at radius 3 is 2.70 bits per heavy atom. The Hall–Kier alpha value is -3.96. The number of nitrogens with one attached hydrogen (secondary N) is 2. The number of aliphatic carboxylic acids is 1. The lowest BCUT2D eigenvalue weighted by Gasteiger charge is -2.13. The summed E-state index contributed by atoms with van der Waals surface area (Å²) in [6.45, 7) is 2.51. The van der Waals surface area contributed by atoms with E-state index >= 15 is 0 Å². The normalized spacial score (nSPS) is 16.2. The molecule has 2 aliphatic carbocycles. The molecule has 5 rings (SSSR count). The molecule has 0 saturated heterocycles. The zero-order chi connectivity index (χ0) is 28.3. The molecule has 12 heteroatoms. The highest BCUT2D eigenvalue weighted by molar-refractivity contribution is 7.14. The second kappa shape index (κ2) is 11.6. The number of halogens is 1. The van der Waals surface area contributed by atoms with Gasteiger partial charge in [0.1, 0.15) is 22.7 Å². The smallest absolute Gasteiger partial charge is 0.329 e. The fourth-order valence-electron chi connectivity index (χ4n) is 3.71. The van der Waals surface area contributed by atoms with E-state index in [4.69, 9.17) is 21.1 Å². The maximum absolute atomic E-state index is 12.7. The lowest BCUT2D eigenvalue weighted by Crippen LogP contribution is -2.43. The number of carboxylic acid groups (broad SMARTS) is 1. The quantitative estimate of drug-likeness (QED) is 0.272. The van der Waals surface area contributed by atoms with Gasteiger partial charge in [-0.15, -0.1) is 0 Å². The number of amides is 2. The van der Waals surface area contributed by atoms with Crippen molar-refractivity contribution in [2.24, 2.45) is 5.92 Å². The summed E-state index contributed by atoms with van der Waals surface area (Å²) in [7, 11) is 0. The molecule has 0 bridgehead atoms. The highest BCUT2D eigenvalue weighted by Crippen LogP contribution is 2.36. The molecule has 3 N–H and O–H groups in total. The van der Waals surface area contributed by atoms with Gasteiger partial charge in [0.05, 0.1) is 16.5 Å². The van der Waals surface area contributed by atoms with E-state index in [2.05, 4.69) is 20.6 Å². The van der Waals surface area contributed by atoms with Crippen molar-refractivity contribution in [2.75, 3.05) is 6.61 Å². The van der Waals surface area contributed by atoms with Gasteiger partial charge in [0.15, 0.2) is 0 Å². The number of nitrogens with zero attached hydrogens (tertiary/aromatic N) is 2. The van der Waals surface area contributed by atoms with Crippen LogP contribution in [-0.4, -0.2) is 51.0 Å². The van der Waals surface area contributed by atoms with Gasteiger partial charge in [-0.2, -0.15) is 0 Å². The van der Waals surface area contributed by atoms with Gasteiger partial charge < -0.3 is 25.2 Å². The fourth-order valence-corrected chi connectivity index (χ4v) is 4.61. The minimum Gasteiger partial charge on any atom is -0.493 e. The third-order valence-electron chi connectivity index (χ3n) is 6.46. The van der Waals surface area contributed by atoms with Crippen molar-refractivity contribution in [3.05, 3.63) is 70.0 Å². The zero-order valence-electron chi connectivity index (χ0n) is 21.6. The number of carboxylic acids is 1. The molecule has 0 spiro atoms. The highest BCUT2D eigenvalue weighted by atomic mass is 35.5. The number of carbonyl (C=O) groups excluding carboxylic acids is 2. The number of ether oxygens (including phenoxy) is 2. The molecular weight excluding hydrogens is 556 g/mol. The zero-order valence-corrected chi connectivity index (χ0v) is 23.1. The van der Waals surface area contributed by atoms with Crippen LogP contribution < -0.4 is 20.1 Å². The van der Waals surface area contributed by atoms with E-state index in [0.29, 0.717) is 47.1 Å². The van der Waals surface area contributed by atoms with Gasteiger partial charge in [-0.05, 0) is 68.9 Å². The third-order valence-corrected chi connectivity index (χ3v) is 7.60. The topological polar surface area (TPSA) is 140 Å². The largest absolute Gasteiger partial charge is 0.493 e. The molecule has 2 heterocycles. The first-order chi connectivity index (χ1) is 19.2. The molecule has 40 heavy (non-hydrogen) atoms. The summed E-state index contributed by atoms with van der Waals surface area (Å²) in [5, 5.41) is 15.4. The molecular formula is C28H27ClN4O6S. The number of benzene rings is 1. The summed E-state index contributed by atoms with van der Waals surface area (Å²) in [5.41, 5.74) is -1.03. The number of rotatable bonds is 12. The second-order valence-electron chi connectivity index (χ2n) is 9.87. The van der Waals surface area contributed by atoms with Crippen LogP contribution in [0.3, 0.4) is 0 Å². The molecule has 0 aliphatic heterocycles. The Morgan fingerprint density at radius 2 is 2.00 bits per heavy atom. The number of carbonyl (C=O) groups is 3. The van der Waals surface area contributed by atoms with Crippen molar-refractivity contribution in [3.8, 4) is 16.7 Å². The third kappa shape index (κ3) is 6.97. The van der Waals surface area contributed by atoms with Crippen LogP contribution >= 0.6 is 22.9 Å². The molecule has 2 fully saturated rings. The van der Waals surface area contributed by atoms with Crippen LogP contribution in [0.15, 0.2) is 48.8 Å². The number of thiazole rings is 1. The number of pyridine rings is 1. The molecule has 0 radical (unpaired) electrons.